The molecule has 2 N–H and O–H groups in total. The van der Waals surface area contributed by atoms with E-state index in [0.29, 0.717) is 36.1 Å². The molecule has 0 unspecified atom stereocenters. The summed E-state index contributed by atoms with van der Waals surface area (Å²) in [7, 11) is 0. The van der Waals surface area contributed by atoms with E-state index in [1.54, 1.807) is 19.1 Å². The maximum absolute atomic E-state index is 12.1. The highest BCUT2D eigenvalue weighted by Crippen LogP contribution is 2.31. The first-order chi connectivity index (χ1) is 15.1. The molecule has 0 saturated heterocycles. The Morgan fingerprint density at radius 3 is 1.91 bits per heavy atom. The Morgan fingerprint density at radius 2 is 1.41 bits per heavy atom. The Bertz CT molecular complexity index is 904. The van der Waals surface area contributed by atoms with Crippen molar-refractivity contribution in [2.45, 2.75) is 64.1 Å². The highest BCUT2D eigenvalue weighted by atomic mass is 16.5. The van der Waals surface area contributed by atoms with E-state index in [4.69, 9.17) is 4.74 Å². The lowest BCUT2D eigenvalue weighted by Crippen LogP contribution is -2.40. The van der Waals surface area contributed by atoms with E-state index in [0.717, 1.165) is 19.3 Å². The van der Waals surface area contributed by atoms with Gasteiger partial charge in [0.25, 0.3) is 0 Å². The number of hydrogen-bond acceptors (Lipinski definition) is 6. The van der Waals surface area contributed by atoms with Crippen LogP contribution in [0.15, 0.2) is 54.6 Å². The number of ketones is 2. The maximum atomic E-state index is 12.1. The van der Waals surface area contributed by atoms with Gasteiger partial charge >= 0.3 is 5.97 Å². The number of carbonyl (C=O) groups is 3. The van der Waals surface area contributed by atoms with E-state index in [2.05, 4.69) is 0 Å². The van der Waals surface area contributed by atoms with Crippen molar-refractivity contribution < 1.29 is 29.3 Å². The zero-order valence-corrected chi connectivity index (χ0v) is 19.0. The first kappa shape index (κ1) is 25.4. The smallest absolute Gasteiger partial charge is 0.338 e. The van der Waals surface area contributed by atoms with Crippen molar-refractivity contribution >= 4 is 17.5 Å². The second kappa shape index (κ2) is 11.2. The standard InChI is InChI=1S/C13H16O4.C13H16O2/c1-4-17-12(15)10-7-5-9(6-8-10)11(14)13(2,3)16;14-12(11-7-3-1-4-8-11)13(15)9-5-2-6-10-13/h5-8,16H,4H2,1-3H3;1,3-4,7-8,15H,2,5-6,9-10H2. The van der Waals surface area contributed by atoms with Gasteiger partial charge in [0.05, 0.1) is 12.2 Å². The highest BCUT2D eigenvalue weighted by Gasteiger charge is 2.37. The Kier molecular flexibility index (Phi) is 8.87. The second-order valence-electron chi connectivity index (χ2n) is 8.47. The zero-order valence-electron chi connectivity index (χ0n) is 19.0. The van der Waals surface area contributed by atoms with Gasteiger partial charge in [-0.2, -0.15) is 0 Å². The van der Waals surface area contributed by atoms with Crippen LogP contribution in [0, 0.1) is 0 Å². The van der Waals surface area contributed by atoms with E-state index in [1.165, 1.54) is 38.1 Å². The third kappa shape index (κ3) is 6.84. The lowest BCUT2D eigenvalue weighted by molar-refractivity contribution is 0.0116. The maximum Gasteiger partial charge on any atom is 0.338 e. The molecule has 6 heteroatoms. The van der Waals surface area contributed by atoms with Gasteiger partial charge in [0.2, 0.25) is 0 Å². The van der Waals surface area contributed by atoms with Gasteiger partial charge in [-0.25, -0.2) is 4.79 Å². The third-order valence-electron chi connectivity index (χ3n) is 5.35. The molecule has 0 aromatic heterocycles. The summed E-state index contributed by atoms with van der Waals surface area (Å²) in [6.45, 7) is 4.89. The molecule has 0 aliphatic heterocycles. The summed E-state index contributed by atoms with van der Waals surface area (Å²) in [5.74, 6) is -0.912. The SMILES string of the molecule is CCOC(=O)c1ccc(C(=O)C(C)(C)O)cc1.O=C(c1ccccc1)C1(O)CCCCC1. The first-order valence-corrected chi connectivity index (χ1v) is 10.9. The fourth-order valence-electron chi connectivity index (χ4n) is 3.55. The molecule has 0 heterocycles. The fraction of sp³-hybridized carbons (Fsp3) is 0.423. The average Bonchev–Trinajstić information content (AvgIpc) is 2.79. The monoisotopic (exact) mass is 440 g/mol. The van der Waals surface area contributed by atoms with Crippen LogP contribution in [0.5, 0.6) is 0 Å². The van der Waals surface area contributed by atoms with Crippen molar-refractivity contribution in [2.75, 3.05) is 6.61 Å². The molecule has 1 saturated carbocycles. The van der Waals surface area contributed by atoms with Crippen molar-refractivity contribution in [2.24, 2.45) is 0 Å². The van der Waals surface area contributed by atoms with Gasteiger partial charge in [0.1, 0.15) is 11.2 Å². The summed E-state index contributed by atoms with van der Waals surface area (Å²) in [5, 5.41) is 19.8. The molecular formula is C26H32O6. The van der Waals surface area contributed by atoms with Gasteiger partial charge in [-0.15, -0.1) is 0 Å². The van der Waals surface area contributed by atoms with Crippen LogP contribution >= 0.6 is 0 Å². The molecule has 2 aromatic rings. The minimum atomic E-state index is -1.41. The number of esters is 1. The van der Waals surface area contributed by atoms with Gasteiger partial charge in [-0.05, 0) is 45.7 Å². The topological polar surface area (TPSA) is 101 Å². The summed E-state index contributed by atoms with van der Waals surface area (Å²) >= 11 is 0. The summed E-state index contributed by atoms with van der Waals surface area (Å²) in [5.41, 5.74) is -1.13. The lowest BCUT2D eigenvalue weighted by Gasteiger charge is -2.30. The second-order valence-corrected chi connectivity index (χ2v) is 8.47. The molecule has 0 spiro atoms. The van der Waals surface area contributed by atoms with Gasteiger partial charge in [-0.1, -0.05) is 61.7 Å². The largest absolute Gasteiger partial charge is 0.462 e. The third-order valence-corrected chi connectivity index (χ3v) is 5.35. The lowest BCUT2D eigenvalue weighted by atomic mass is 9.79. The Morgan fingerprint density at radius 1 is 0.875 bits per heavy atom. The van der Waals surface area contributed by atoms with Gasteiger partial charge in [-0.3, -0.25) is 9.59 Å². The van der Waals surface area contributed by atoms with Crippen LogP contribution in [0.2, 0.25) is 0 Å². The summed E-state index contributed by atoms with van der Waals surface area (Å²) in [6.07, 6.45) is 4.26. The van der Waals surface area contributed by atoms with E-state index in [1.807, 2.05) is 18.2 Å². The van der Waals surface area contributed by atoms with Crippen LogP contribution in [0.1, 0.15) is 83.9 Å². The molecule has 6 nitrogen and oxygen atoms in total. The zero-order chi connectivity index (χ0) is 23.8. The van der Waals surface area contributed by atoms with E-state index in [-0.39, 0.29) is 11.6 Å². The number of hydrogen-bond donors (Lipinski definition) is 2. The molecule has 3 rings (SSSR count). The predicted octanol–water partition coefficient (Wildman–Crippen LogP) is 4.38. The fourth-order valence-corrected chi connectivity index (χ4v) is 3.55. The van der Waals surface area contributed by atoms with Crippen LogP contribution in [0.4, 0.5) is 0 Å². The molecule has 0 radical (unpaired) electrons. The molecule has 0 atom stereocenters. The van der Waals surface area contributed by atoms with Crippen molar-refractivity contribution in [3.63, 3.8) is 0 Å². The molecule has 1 fully saturated rings. The Labute approximate surface area is 189 Å². The number of benzene rings is 2. The van der Waals surface area contributed by atoms with Gasteiger partial charge in [0.15, 0.2) is 11.6 Å². The molecule has 172 valence electrons. The molecule has 0 bridgehead atoms. The van der Waals surface area contributed by atoms with Crippen molar-refractivity contribution in [3.8, 4) is 0 Å². The van der Waals surface area contributed by atoms with Crippen LogP contribution in [0.3, 0.4) is 0 Å². The van der Waals surface area contributed by atoms with E-state index < -0.39 is 17.2 Å². The summed E-state index contributed by atoms with van der Waals surface area (Å²) in [4.78, 5) is 35.1. The Balaban J connectivity index is 0.000000228. The van der Waals surface area contributed by atoms with Gasteiger partial charge in [0, 0.05) is 11.1 Å². The minimum absolute atomic E-state index is 0.109. The molecule has 1 aliphatic carbocycles. The first-order valence-electron chi connectivity index (χ1n) is 10.9. The van der Waals surface area contributed by atoms with Crippen LogP contribution in [0.25, 0.3) is 0 Å². The number of rotatable bonds is 6. The number of Topliss-reactive ketones (excluding diaryl/α,β-unsaturated/α-hetero) is 2. The highest BCUT2D eigenvalue weighted by molar-refractivity contribution is 6.03. The summed E-state index contributed by atoms with van der Waals surface area (Å²) in [6, 6.07) is 15.1. The molecular weight excluding hydrogens is 408 g/mol. The quantitative estimate of drug-likeness (QED) is 0.511. The predicted molar refractivity (Wildman–Crippen MR) is 122 cm³/mol. The Hall–Kier alpha value is -2.83. The minimum Gasteiger partial charge on any atom is -0.462 e. The molecule has 1 aliphatic rings. The van der Waals surface area contributed by atoms with E-state index in [9.17, 15) is 24.6 Å². The number of aliphatic hydroxyl groups is 2. The average molecular weight is 441 g/mol. The van der Waals surface area contributed by atoms with E-state index >= 15 is 0 Å². The van der Waals surface area contributed by atoms with Crippen molar-refractivity contribution in [1.82, 2.24) is 0 Å². The molecule has 32 heavy (non-hydrogen) atoms. The van der Waals surface area contributed by atoms with Crippen molar-refractivity contribution in [3.05, 3.63) is 71.3 Å². The van der Waals surface area contributed by atoms with Crippen LogP contribution in [-0.2, 0) is 4.74 Å². The van der Waals surface area contributed by atoms with Crippen LogP contribution < -0.4 is 0 Å². The van der Waals surface area contributed by atoms with Crippen LogP contribution in [-0.4, -0.2) is 45.6 Å². The summed E-state index contributed by atoms with van der Waals surface area (Å²) < 4.78 is 4.82. The molecule has 2 aromatic carbocycles. The number of ether oxygens (including phenoxy) is 1. The van der Waals surface area contributed by atoms with Gasteiger partial charge < -0.3 is 14.9 Å². The van der Waals surface area contributed by atoms with Crippen molar-refractivity contribution in [1.29, 1.82) is 0 Å². The number of carbonyl (C=O) groups excluding carboxylic acids is 3. The normalized spacial score (nSPS) is 15.2. The molecule has 0 amide bonds.